The number of hydrogen-bond donors (Lipinski definition) is 0. The fraction of sp³-hybridized carbons (Fsp3) is 0.500. The Hall–Kier alpha value is -1.28. The predicted octanol–water partition coefficient (Wildman–Crippen LogP) is 4.46. The molecule has 0 radical (unpaired) electrons. The first-order chi connectivity index (χ1) is 8.50. The van der Waals surface area contributed by atoms with Gasteiger partial charge < -0.3 is 0 Å². The summed E-state index contributed by atoms with van der Waals surface area (Å²) in [5.41, 5.74) is 2.33. The van der Waals surface area contributed by atoms with Crippen LogP contribution in [0.1, 0.15) is 51.7 Å². The van der Waals surface area contributed by atoms with Crippen LogP contribution in [0.5, 0.6) is 0 Å². The zero-order valence-electron chi connectivity index (χ0n) is 11.6. The third kappa shape index (κ3) is 2.75. The van der Waals surface area contributed by atoms with Crippen LogP contribution < -0.4 is 0 Å². The lowest BCUT2D eigenvalue weighted by Crippen LogP contribution is -2.45. The number of allylic oxidation sites excluding steroid dienone is 1. The van der Waals surface area contributed by atoms with E-state index in [1.54, 1.807) is 0 Å². The molecule has 0 saturated carbocycles. The monoisotopic (exact) mass is 245 g/mol. The highest BCUT2D eigenvalue weighted by Gasteiger charge is 2.33. The Morgan fingerprint density at radius 1 is 1.28 bits per heavy atom. The molecule has 0 spiro atoms. The minimum absolute atomic E-state index is 0.0401. The third-order valence-electron chi connectivity index (χ3n) is 3.62. The van der Waals surface area contributed by atoms with Gasteiger partial charge in [-0.2, -0.15) is 0 Å². The normalized spacial score (nSPS) is 20.8. The molecule has 0 amide bonds. The van der Waals surface area contributed by atoms with E-state index >= 15 is 0 Å². The molecule has 1 aliphatic heterocycles. The second-order valence-electron chi connectivity index (χ2n) is 5.68. The average Bonchev–Trinajstić information content (AvgIpc) is 2.34. The number of hydroxylamine groups is 2. The highest BCUT2D eigenvalue weighted by atomic mass is 16.7. The molecule has 0 bridgehead atoms. The van der Waals surface area contributed by atoms with Gasteiger partial charge in [-0.1, -0.05) is 36.9 Å². The summed E-state index contributed by atoms with van der Waals surface area (Å²) in [6.07, 6.45) is 3.43. The first kappa shape index (κ1) is 13.2. The lowest BCUT2D eigenvalue weighted by Gasteiger charge is -2.45. The van der Waals surface area contributed by atoms with Gasteiger partial charge in [-0.25, -0.2) is 0 Å². The van der Waals surface area contributed by atoms with Gasteiger partial charge in [0, 0.05) is 5.70 Å². The SMILES string of the molecule is C=C1CCCC(C)(C)N1OC(C)c1ccccc1. The molecule has 0 aromatic heterocycles. The molecule has 1 aliphatic rings. The van der Waals surface area contributed by atoms with E-state index < -0.39 is 0 Å². The maximum atomic E-state index is 6.14. The molecule has 2 rings (SSSR count). The fourth-order valence-corrected chi connectivity index (χ4v) is 2.52. The zero-order valence-corrected chi connectivity index (χ0v) is 11.6. The summed E-state index contributed by atoms with van der Waals surface area (Å²) in [6.45, 7) is 10.7. The Morgan fingerprint density at radius 3 is 2.56 bits per heavy atom. The van der Waals surface area contributed by atoms with Crippen molar-refractivity contribution in [1.29, 1.82) is 0 Å². The molecule has 2 nitrogen and oxygen atoms in total. The number of piperidine rings is 1. The van der Waals surface area contributed by atoms with Crippen molar-refractivity contribution in [2.75, 3.05) is 0 Å². The van der Waals surface area contributed by atoms with E-state index in [9.17, 15) is 0 Å². The fourth-order valence-electron chi connectivity index (χ4n) is 2.52. The summed E-state index contributed by atoms with van der Waals surface area (Å²) in [5.74, 6) is 0. The van der Waals surface area contributed by atoms with Gasteiger partial charge in [0.2, 0.25) is 0 Å². The zero-order chi connectivity index (χ0) is 13.2. The number of rotatable bonds is 3. The summed E-state index contributed by atoms with van der Waals surface area (Å²) < 4.78 is 0. The van der Waals surface area contributed by atoms with Crippen LogP contribution in [0.2, 0.25) is 0 Å². The van der Waals surface area contributed by atoms with Crippen molar-refractivity contribution in [2.45, 2.75) is 51.7 Å². The van der Waals surface area contributed by atoms with E-state index in [4.69, 9.17) is 4.84 Å². The highest BCUT2D eigenvalue weighted by Crippen LogP contribution is 2.35. The average molecular weight is 245 g/mol. The summed E-state index contributed by atoms with van der Waals surface area (Å²) in [5, 5.41) is 2.02. The smallest absolute Gasteiger partial charge is 0.108 e. The number of nitrogens with zero attached hydrogens (tertiary/aromatic N) is 1. The van der Waals surface area contributed by atoms with Gasteiger partial charge in [0.25, 0.3) is 0 Å². The van der Waals surface area contributed by atoms with E-state index in [-0.39, 0.29) is 11.6 Å². The Labute approximate surface area is 110 Å². The summed E-state index contributed by atoms with van der Waals surface area (Å²) in [6, 6.07) is 10.3. The third-order valence-corrected chi connectivity index (χ3v) is 3.62. The standard InChI is InChI=1S/C16H23NO/c1-13-9-8-12-16(3,4)17(13)18-14(2)15-10-6-5-7-11-15/h5-7,10-11,14H,1,8-9,12H2,2-4H3. The molecule has 0 aliphatic carbocycles. The maximum Gasteiger partial charge on any atom is 0.108 e. The Balaban J connectivity index is 2.10. The summed E-state index contributed by atoms with van der Waals surface area (Å²) >= 11 is 0. The van der Waals surface area contributed by atoms with Gasteiger partial charge in [0.15, 0.2) is 0 Å². The molecule has 1 aromatic rings. The number of benzene rings is 1. The van der Waals surface area contributed by atoms with Crippen LogP contribution in [0.15, 0.2) is 42.6 Å². The predicted molar refractivity (Wildman–Crippen MR) is 74.9 cm³/mol. The van der Waals surface area contributed by atoms with E-state index in [0.29, 0.717) is 0 Å². The lowest BCUT2D eigenvalue weighted by atomic mass is 9.91. The van der Waals surface area contributed by atoms with Crippen LogP contribution in [0.3, 0.4) is 0 Å². The van der Waals surface area contributed by atoms with E-state index in [2.05, 4.69) is 39.5 Å². The van der Waals surface area contributed by atoms with Crippen LogP contribution in [0.4, 0.5) is 0 Å². The molecule has 2 heteroatoms. The first-order valence-electron chi connectivity index (χ1n) is 6.70. The van der Waals surface area contributed by atoms with Crippen LogP contribution >= 0.6 is 0 Å². The van der Waals surface area contributed by atoms with Gasteiger partial charge in [0.1, 0.15) is 6.10 Å². The van der Waals surface area contributed by atoms with Crippen molar-refractivity contribution in [2.24, 2.45) is 0 Å². The Kier molecular flexibility index (Phi) is 3.76. The van der Waals surface area contributed by atoms with Crippen LogP contribution in [0, 0.1) is 0 Å². The van der Waals surface area contributed by atoms with Crippen molar-refractivity contribution in [1.82, 2.24) is 5.06 Å². The molecule has 98 valence electrons. The molecular formula is C16H23NO. The van der Waals surface area contributed by atoms with Crippen molar-refractivity contribution < 1.29 is 4.84 Å². The van der Waals surface area contributed by atoms with Crippen molar-refractivity contribution in [3.05, 3.63) is 48.2 Å². The number of hydrogen-bond acceptors (Lipinski definition) is 2. The van der Waals surface area contributed by atoms with Crippen LogP contribution in [-0.2, 0) is 4.84 Å². The Morgan fingerprint density at radius 2 is 1.94 bits per heavy atom. The molecule has 18 heavy (non-hydrogen) atoms. The van der Waals surface area contributed by atoms with E-state index in [0.717, 1.165) is 18.5 Å². The van der Waals surface area contributed by atoms with Crippen LogP contribution in [0.25, 0.3) is 0 Å². The molecule has 1 unspecified atom stereocenters. The molecule has 1 heterocycles. The molecule has 1 saturated heterocycles. The summed E-state index contributed by atoms with van der Waals surface area (Å²) in [4.78, 5) is 6.14. The minimum Gasteiger partial charge on any atom is -0.265 e. The quantitative estimate of drug-likeness (QED) is 0.779. The van der Waals surface area contributed by atoms with Gasteiger partial charge >= 0.3 is 0 Å². The van der Waals surface area contributed by atoms with Crippen molar-refractivity contribution in [3.8, 4) is 0 Å². The van der Waals surface area contributed by atoms with E-state index in [1.807, 2.05) is 23.3 Å². The van der Waals surface area contributed by atoms with Gasteiger partial charge in [-0.3, -0.25) is 9.90 Å². The van der Waals surface area contributed by atoms with Gasteiger partial charge in [-0.05, 0) is 45.6 Å². The molecular weight excluding hydrogens is 222 g/mol. The molecule has 1 atom stereocenters. The maximum absolute atomic E-state index is 6.14. The minimum atomic E-state index is 0.0401. The van der Waals surface area contributed by atoms with Gasteiger partial charge in [-0.15, -0.1) is 0 Å². The lowest BCUT2D eigenvalue weighted by molar-refractivity contribution is -0.230. The second-order valence-corrected chi connectivity index (χ2v) is 5.68. The largest absolute Gasteiger partial charge is 0.265 e. The molecule has 1 fully saturated rings. The van der Waals surface area contributed by atoms with Crippen LogP contribution in [-0.4, -0.2) is 10.6 Å². The Bertz CT molecular complexity index is 410. The highest BCUT2D eigenvalue weighted by molar-refractivity contribution is 5.17. The van der Waals surface area contributed by atoms with Crippen molar-refractivity contribution >= 4 is 0 Å². The summed E-state index contributed by atoms with van der Waals surface area (Å²) in [7, 11) is 0. The molecule has 0 N–H and O–H groups in total. The topological polar surface area (TPSA) is 12.5 Å². The first-order valence-corrected chi connectivity index (χ1v) is 6.70. The van der Waals surface area contributed by atoms with Gasteiger partial charge in [0.05, 0.1) is 5.54 Å². The van der Waals surface area contributed by atoms with Crippen molar-refractivity contribution in [3.63, 3.8) is 0 Å². The second kappa shape index (κ2) is 5.15. The van der Waals surface area contributed by atoms with E-state index in [1.165, 1.54) is 12.0 Å². The molecule has 1 aromatic carbocycles.